The Hall–Kier alpha value is -3.07. The molecule has 0 saturated heterocycles. The minimum Gasteiger partial charge on any atom is -0.357 e. The molecule has 3 aromatic rings. The summed E-state index contributed by atoms with van der Waals surface area (Å²) in [7, 11) is 1.74. The predicted molar refractivity (Wildman–Crippen MR) is 96.5 cm³/mol. The van der Waals surface area contributed by atoms with Gasteiger partial charge in [0, 0.05) is 18.9 Å². The smallest absolute Gasteiger partial charge is 0.325 e. The normalized spacial score (nSPS) is 10.4. The second-order valence-corrected chi connectivity index (χ2v) is 6.03. The van der Waals surface area contributed by atoms with Gasteiger partial charge in [0.25, 0.3) is 0 Å². The van der Waals surface area contributed by atoms with Crippen molar-refractivity contribution >= 4 is 34.1 Å². The highest BCUT2D eigenvalue weighted by Crippen LogP contribution is 2.31. The number of urea groups is 1. The molecule has 0 unspecified atom stereocenters. The van der Waals surface area contributed by atoms with Gasteiger partial charge in [0.1, 0.15) is 5.82 Å². The van der Waals surface area contributed by atoms with Gasteiger partial charge in [-0.3, -0.25) is 5.32 Å². The average Bonchev–Trinajstić information content (AvgIpc) is 2.97. The average molecular weight is 358 g/mol. The Bertz CT molecular complexity index is 896. The highest BCUT2D eigenvalue weighted by atomic mass is 32.1. The van der Waals surface area contributed by atoms with Crippen LogP contribution in [-0.2, 0) is 0 Å². The number of halogens is 1. The molecule has 0 saturated carbocycles. The number of aromatic nitrogens is 3. The van der Waals surface area contributed by atoms with Crippen LogP contribution >= 0.6 is 11.3 Å². The first-order valence-electron chi connectivity index (χ1n) is 7.37. The third-order valence-electron chi connectivity index (χ3n) is 3.23. The fraction of sp³-hybridized carbons (Fsp3) is 0.125. The molecule has 128 valence electrons. The van der Waals surface area contributed by atoms with Gasteiger partial charge in [0.05, 0.1) is 16.3 Å². The minimum absolute atomic E-state index is 0.364. The van der Waals surface area contributed by atoms with Crippen molar-refractivity contribution in [1.29, 1.82) is 0 Å². The lowest BCUT2D eigenvalue weighted by Crippen LogP contribution is -2.19. The van der Waals surface area contributed by atoms with Gasteiger partial charge in [-0.25, -0.2) is 24.1 Å². The van der Waals surface area contributed by atoms with Gasteiger partial charge in [0.15, 0.2) is 5.13 Å². The van der Waals surface area contributed by atoms with Crippen molar-refractivity contribution in [3.8, 4) is 10.6 Å². The highest BCUT2D eigenvalue weighted by Gasteiger charge is 2.13. The van der Waals surface area contributed by atoms with Gasteiger partial charge >= 0.3 is 6.03 Å². The van der Waals surface area contributed by atoms with E-state index in [9.17, 15) is 9.18 Å². The number of carbonyl (C=O) groups excluding carboxylic acids is 1. The fourth-order valence-corrected chi connectivity index (χ4v) is 3.02. The molecule has 0 fully saturated rings. The van der Waals surface area contributed by atoms with Gasteiger partial charge in [-0.1, -0.05) is 11.3 Å². The van der Waals surface area contributed by atoms with E-state index in [1.165, 1.54) is 35.6 Å². The molecule has 2 amide bonds. The molecule has 1 aromatic carbocycles. The van der Waals surface area contributed by atoms with Gasteiger partial charge in [-0.2, -0.15) is 0 Å². The Morgan fingerprint density at radius 3 is 2.60 bits per heavy atom. The van der Waals surface area contributed by atoms with E-state index in [-0.39, 0.29) is 5.82 Å². The van der Waals surface area contributed by atoms with Crippen molar-refractivity contribution in [2.75, 3.05) is 23.0 Å². The van der Waals surface area contributed by atoms with Crippen LogP contribution in [-0.4, -0.2) is 28.0 Å². The predicted octanol–water partition coefficient (Wildman–Crippen LogP) is 3.73. The zero-order valence-electron chi connectivity index (χ0n) is 13.5. The number of nitrogens with one attached hydrogen (secondary N) is 3. The zero-order chi connectivity index (χ0) is 17.8. The fourth-order valence-electron chi connectivity index (χ4n) is 2.09. The Morgan fingerprint density at radius 2 is 1.88 bits per heavy atom. The van der Waals surface area contributed by atoms with E-state index in [1.807, 2.05) is 6.92 Å². The molecular weight excluding hydrogens is 343 g/mol. The maximum atomic E-state index is 12.9. The van der Waals surface area contributed by atoms with Crippen molar-refractivity contribution in [2.24, 2.45) is 0 Å². The van der Waals surface area contributed by atoms with Crippen LogP contribution in [0, 0.1) is 12.7 Å². The number of rotatable bonds is 4. The SMILES string of the molecule is CNc1nccc(-c2sc(NC(=O)Nc3ccc(F)cc3)nc2C)n1. The van der Waals surface area contributed by atoms with Crippen LogP contribution in [0.25, 0.3) is 10.6 Å². The summed E-state index contributed by atoms with van der Waals surface area (Å²) in [5.74, 6) is 0.144. The summed E-state index contributed by atoms with van der Waals surface area (Å²) in [6.45, 7) is 1.84. The molecule has 0 radical (unpaired) electrons. The summed E-state index contributed by atoms with van der Waals surface area (Å²) < 4.78 is 12.9. The van der Waals surface area contributed by atoms with Crippen molar-refractivity contribution in [2.45, 2.75) is 6.92 Å². The first-order valence-corrected chi connectivity index (χ1v) is 8.19. The number of amides is 2. The molecule has 25 heavy (non-hydrogen) atoms. The molecular formula is C16H15FN6OS. The number of hydrogen-bond acceptors (Lipinski definition) is 6. The summed E-state index contributed by atoms with van der Waals surface area (Å²) >= 11 is 1.31. The van der Waals surface area contributed by atoms with E-state index < -0.39 is 6.03 Å². The van der Waals surface area contributed by atoms with Gasteiger partial charge in [0.2, 0.25) is 5.95 Å². The first-order chi connectivity index (χ1) is 12.0. The Labute approximate surface area is 147 Å². The molecule has 0 spiro atoms. The van der Waals surface area contributed by atoms with E-state index in [2.05, 4.69) is 30.9 Å². The molecule has 0 aliphatic rings. The maximum Gasteiger partial charge on any atom is 0.325 e. The summed E-state index contributed by atoms with van der Waals surface area (Å²) in [5, 5.41) is 8.61. The summed E-state index contributed by atoms with van der Waals surface area (Å²) in [5.41, 5.74) is 1.96. The minimum atomic E-state index is -0.453. The summed E-state index contributed by atoms with van der Waals surface area (Å²) in [6, 6.07) is 6.83. The van der Waals surface area contributed by atoms with Crippen molar-refractivity contribution in [1.82, 2.24) is 15.0 Å². The number of benzene rings is 1. The number of nitrogens with zero attached hydrogens (tertiary/aromatic N) is 3. The molecule has 3 rings (SSSR count). The highest BCUT2D eigenvalue weighted by molar-refractivity contribution is 7.19. The number of anilines is 3. The second-order valence-electron chi connectivity index (χ2n) is 5.04. The van der Waals surface area contributed by atoms with Gasteiger partial charge in [-0.15, -0.1) is 0 Å². The monoisotopic (exact) mass is 358 g/mol. The summed E-state index contributed by atoms with van der Waals surface area (Å²) in [6.07, 6.45) is 1.65. The number of carbonyl (C=O) groups is 1. The van der Waals surface area contributed by atoms with E-state index >= 15 is 0 Å². The van der Waals surface area contributed by atoms with Crippen molar-refractivity contribution in [3.05, 3.63) is 48.0 Å². The van der Waals surface area contributed by atoms with Crippen LogP contribution < -0.4 is 16.0 Å². The van der Waals surface area contributed by atoms with Crippen LogP contribution in [0.15, 0.2) is 36.5 Å². The Morgan fingerprint density at radius 1 is 1.12 bits per heavy atom. The van der Waals surface area contributed by atoms with Crippen LogP contribution in [0.2, 0.25) is 0 Å². The molecule has 0 bridgehead atoms. The van der Waals surface area contributed by atoms with E-state index in [1.54, 1.807) is 19.3 Å². The summed E-state index contributed by atoms with van der Waals surface area (Å²) in [4.78, 5) is 25.7. The maximum absolute atomic E-state index is 12.9. The van der Waals surface area contributed by atoms with E-state index in [0.717, 1.165) is 16.3 Å². The molecule has 0 aliphatic heterocycles. The Kier molecular flexibility index (Phi) is 4.85. The van der Waals surface area contributed by atoms with E-state index in [4.69, 9.17) is 0 Å². The molecule has 9 heteroatoms. The van der Waals surface area contributed by atoms with Gasteiger partial charge in [-0.05, 0) is 37.3 Å². The lowest BCUT2D eigenvalue weighted by Gasteiger charge is -2.04. The standard InChI is InChI=1S/C16H15FN6OS/c1-9-13(12-7-8-19-14(18-2)22-12)25-16(20-9)23-15(24)21-11-5-3-10(17)4-6-11/h3-8H,1-2H3,(H,18,19,22)(H2,20,21,23,24). The molecule has 3 N–H and O–H groups in total. The number of aryl methyl sites for hydroxylation is 1. The quantitative estimate of drug-likeness (QED) is 0.661. The number of thiazole rings is 1. The van der Waals surface area contributed by atoms with E-state index in [0.29, 0.717) is 16.8 Å². The third-order valence-corrected chi connectivity index (χ3v) is 4.33. The van der Waals surface area contributed by atoms with Crippen LogP contribution in [0.5, 0.6) is 0 Å². The molecule has 2 heterocycles. The van der Waals surface area contributed by atoms with Crippen LogP contribution in [0.1, 0.15) is 5.69 Å². The largest absolute Gasteiger partial charge is 0.357 e. The molecule has 2 aromatic heterocycles. The molecule has 0 aliphatic carbocycles. The molecule has 7 nitrogen and oxygen atoms in total. The van der Waals surface area contributed by atoms with Crippen LogP contribution in [0.3, 0.4) is 0 Å². The van der Waals surface area contributed by atoms with Gasteiger partial charge < -0.3 is 10.6 Å². The Balaban J connectivity index is 1.73. The third kappa shape index (κ3) is 4.07. The lowest BCUT2D eigenvalue weighted by atomic mass is 10.3. The molecule has 0 atom stereocenters. The van der Waals surface area contributed by atoms with Crippen molar-refractivity contribution < 1.29 is 9.18 Å². The van der Waals surface area contributed by atoms with Crippen molar-refractivity contribution in [3.63, 3.8) is 0 Å². The number of hydrogen-bond donors (Lipinski definition) is 3. The first kappa shape index (κ1) is 16.8. The topological polar surface area (TPSA) is 91.8 Å². The second kappa shape index (κ2) is 7.22. The lowest BCUT2D eigenvalue weighted by molar-refractivity contribution is 0.262. The zero-order valence-corrected chi connectivity index (χ0v) is 14.3. The van der Waals surface area contributed by atoms with Crippen LogP contribution in [0.4, 0.5) is 26.0 Å².